The van der Waals surface area contributed by atoms with Crippen molar-refractivity contribution in [3.05, 3.63) is 12.3 Å². The van der Waals surface area contributed by atoms with Crippen molar-refractivity contribution in [2.75, 3.05) is 0 Å². The van der Waals surface area contributed by atoms with Crippen molar-refractivity contribution in [1.29, 1.82) is 0 Å². The smallest absolute Gasteiger partial charge is 0.259 e. The zero-order valence-corrected chi connectivity index (χ0v) is 4.51. The zero-order chi connectivity index (χ0) is 6.20. The molecule has 8 heavy (non-hydrogen) atoms. The van der Waals surface area contributed by atoms with Crippen LogP contribution in [0.5, 0.6) is 0 Å². The summed E-state index contributed by atoms with van der Waals surface area (Å²) in [4.78, 5) is 10.5. The molecule has 1 unspecified atom stereocenters. The molecule has 0 aromatic carbocycles. The molecular formula is C5H7NO2. The summed E-state index contributed by atoms with van der Waals surface area (Å²) in [6.45, 7) is 1.44. The molecule has 0 bridgehead atoms. The fourth-order valence-electron chi connectivity index (χ4n) is 0.501. The Kier molecular flexibility index (Phi) is 0.877. The highest BCUT2D eigenvalue weighted by Crippen LogP contribution is 2.08. The van der Waals surface area contributed by atoms with Gasteiger partial charge in [-0.15, -0.1) is 0 Å². The van der Waals surface area contributed by atoms with Crippen molar-refractivity contribution in [2.45, 2.75) is 12.5 Å². The number of amides is 1. The van der Waals surface area contributed by atoms with Gasteiger partial charge in [0.1, 0.15) is 0 Å². The van der Waals surface area contributed by atoms with E-state index in [2.05, 4.69) is 5.32 Å². The van der Waals surface area contributed by atoms with Crippen LogP contribution < -0.4 is 5.32 Å². The van der Waals surface area contributed by atoms with Crippen LogP contribution in [0.1, 0.15) is 6.92 Å². The molecule has 0 saturated heterocycles. The van der Waals surface area contributed by atoms with E-state index in [1.54, 1.807) is 0 Å². The van der Waals surface area contributed by atoms with E-state index in [1.807, 2.05) is 0 Å². The fraction of sp³-hybridized carbons (Fsp3) is 0.400. The molecule has 2 N–H and O–H groups in total. The van der Waals surface area contributed by atoms with Crippen molar-refractivity contribution in [3.63, 3.8) is 0 Å². The summed E-state index contributed by atoms with van der Waals surface area (Å²) >= 11 is 0. The summed E-state index contributed by atoms with van der Waals surface area (Å²) in [7, 11) is 0. The van der Waals surface area contributed by atoms with Crippen LogP contribution in [0.4, 0.5) is 0 Å². The van der Waals surface area contributed by atoms with E-state index in [9.17, 15) is 4.79 Å². The molecule has 1 heterocycles. The lowest BCUT2D eigenvalue weighted by atomic mass is 10.1. The third-order valence-electron chi connectivity index (χ3n) is 1.08. The maximum Gasteiger partial charge on any atom is 0.259 e. The Labute approximate surface area is 47.0 Å². The van der Waals surface area contributed by atoms with Gasteiger partial charge in [-0.25, -0.2) is 0 Å². The van der Waals surface area contributed by atoms with Crippen LogP contribution in [0.15, 0.2) is 12.3 Å². The lowest BCUT2D eigenvalue weighted by Gasteiger charge is -2.08. The Balaban J connectivity index is 2.82. The van der Waals surface area contributed by atoms with E-state index in [1.165, 1.54) is 19.2 Å². The summed E-state index contributed by atoms with van der Waals surface area (Å²) in [6, 6.07) is 0. The Morgan fingerprint density at radius 3 is 2.62 bits per heavy atom. The Morgan fingerprint density at radius 1 is 1.88 bits per heavy atom. The van der Waals surface area contributed by atoms with Crippen molar-refractivity contribution in [3.8, 4) is 0 Å². The molecule has 1 aliphatic rings. The summed E-state index contributed by atoms with van der Waals surface area (Å²) in [6.07, 6.45) is 2.84. The minimum absolute atomic E-state index is 0.363. The quantitative estimate of drug-likeness (QED) is 0.440. The highest BCUT2D eigenvalue weighted by molar-refractivity contribution is 5.89. The maximum atomic E-state index is 10.5. The van der Waals surface area contributed by atoms with Crippen LogP contribution in [-0.2, 0) is 4.79 Å². The van der Waals surface area contributed by atoms with Crippen LogP contribution in [0.2, 0.25) is 0 Å². The van der Waals surface area contributed by atoms with Gasteiger partial charge in [-0.3, -0.25) is 4.79 Å². The third-order valence-corrected chi connectivity index (χ3v) is 1.08. The second kappa shape index (κ2) is 1.32. The molecule has 0 aromatic heterocycles. The minimum Gasteiger partial charge on any atom is -0.376 e. The topological polar surface area (TPSA) is 49.3 Å². The number of nitrogens with one attached hydrogen (secondary N) is 1. The van der Waals surface area contributed by atoms with Gasteiger partial charge in [-0.1, -0.05) is 0 Å². The van der Waals surface area contributed by atoms with Crippen LogP contribution in [-0.4, -0.2) is 16.6 Å². The van der Waals surface area contributed by atoms with Gasteiger partial charge in [-0.05, 0) is 13.0 Å². The lowest BCUT2D eigenvalue weighted by molar-refractivity contribution is -0.131. The Bertz CT molecular complexity index is 149. The normalized spacial score (nSPS) is 35.5. The van der Waals surface area contributed by atoms with Gasteiger partial charge in [0.2, 0.25) is 0 Å². The molecule has 0 fully saturated rings. The molecule has 0 saturated carbocycles. The highest BCUT2D eigenvalue weighted by Gasteiger charge is 2.29. The van der Waals surface area contributed by atoms with Gasteiger partial charge in [0.15, 0.2) is 5.60 Å². The van der Waals surface area contributed by atoms with Crippen LogP contribution in [0.25, 0.3) is 0 Å². The van der Waals surface area contributed by atoms with Crippen LogP contribution in [0, 0.1) is 0 Å². The van der Waals surface area contributed by atoms with E-state index >= 15 is 0 Å². The summed E-state index contributed by atoms with van der Waals surface area (Å²) in [5.41, 5.74) is -1.28. The second-order valence-electron chi connectivity index (χ2n) is 1.95. The average Bonchev–Trinajstić information content (AvgIpc) is 1.86. The van der Waals surface area contributed by atoms with E-state index in [0.717, 1.165) is 0 Å². The molecule has 1 aliphatic heterocycles. The average molecular weight is 113 g/mol. The largest absolute Gasteiger partial charge is 0.376 e. The fourth-order valence-corrected chi connectivity index (χ4v) is 0.501. The molecule has 3 heteroatoms. The first kappa shape index (κ1) is 5.31. The standard InChI is InChI=1S/C5H7NO2/c1-5(8)2-3-6-4(5)7/h2-3,8H,1H3,(H,6,7). The van der Waals surface area contributed by atoms with E-state index in [4.69, 9.17) is 5.11 Å². The highest BCUT2D eigenvalue weighted by atomic mass is 16.3. The molecule has 1 amide bonds. The molecule has 44 valence electrons. The van der Waals surface area contributed by atoms with Gasteiger partial charge in [0, 0.05) is 6.20 Å². The number of carbonyl (C=O) groups is 1. The first-order chi connectivity index (χ1) is 3.63. The molecule has 0 radical (unpaired) electrons. The number of aliphatic hydroxyl groups is 1. The summed E-state index contributed by atoms with van der Waals surface area (Å²) < 4.78 is 0. The number of rotatable bonds is 0. The molecule has 1 atom stereocenters. The first-order valence-electron chi connectivity index (χ1n) is 2.34. The van der Waals surface area contributed by atoms with E-state index in [-0.39, 0.29) is 5.91 Å². The maximum absolute atomic E-state index is 10.5. The SMILES string of the molecule is CC1(O)C=CNC1=O. The van der Waals surface area contributed by atoms with Crippen molar-refractivity contribution in [2.24, 2.45) is 0 Å². The van der Waals surface area contributed by atoms with E-state index in [0.29, 0.717) is 0 Å². The lowest BCUT2D eigenvalue weighted by Crippen LogP contribution is -2.34. The minimum atomic E-state index is -1.28. The first-order valence-corrected chi connectivity index (χ1v) is 2.34. The van der Waals surface area contributed by atoms with Crippen LogP contribution in [0.3, 0.4) is 0 Å². The van der Waals surface area contributed by atoms with Gasteiger partial charge >= 0.3 is 0 Å². The molecular weight excluding hydrogens is 106 g/mol. The number of hydrogen-bond acceptors (Lipinski definition) is 2. The predicted molar refractivity (Wildman–Crippen MR) is 27.9 cm³/mol. The van der Waals surface area contributed by atoms with Gasteiger partial charge in [-0.2, -0.15) is 0 Å². The molecule has 0 spiro atoms. The van der Waals surface area contributed by atoms with E-state index < -0.39 is 5.60 Å². The monoisotopic (exact) mass is 113 g/mol. The Morgan fingerprint density at radius 2 is 2.50 bits per heavy atom. The number of carbonyl (C=O) groups excluding carboxylic acids is 1. The molecule has 1 rings (SSSR count). The summed E-state index contributed by atoms with van der Waals surface area (Å²) in [5.74, 6) is -0.363. The summed E-state index contributed by atoms with van der Waals surface area (Å²) in [5, 5.41) is 11.3. The molecule has 3 nitrogen and oxygen atoms in total. The predicted octanol–water partition coefficient (Wildman–Crippen LogP) is -0.619. The number of hydrogen-bond donors (Lipinski definition) is 2. The molecule has 0 aromatic rings. The van der Waals surface area contributed by atoms with Crippen molar-refractivity contribution in [1.82, 2.24) is 5.32 Å². The van der Waals surface area contributed by atoms with Gasteiger partial charge in [0.25, 0.3) is 5.91 Å². The van der Waals surface area contributed by atoms with Crippen molar-refractivity contribution >= 4 is 5.91 Å². The van der Waals surface area contributed by atoms with Crippen molar-refractivity contribution < 1.29 is 9.90 Å². The van der Waals surface area contributed by atoms with Crippen LogP contribution >= 0.6 is 0 Å². The Hall–Kier alpha value is -0.830. The third kappa shape index (κ3) is 0.607. The van der Waals surface area contributed by atoms with Gasteiger partial charge in [0.05, 0.1) is 0 Å². The van der Waals surface area contributed by atoms with Gasteiger partial charge < -0.3 is 10.4 Å². The zero-order valence-electron chi connectivity index (χ0n) is 4.51. The molecule has 0 aliphatic carbocycles. The second-order valence-corrected chi connectivity index (χ2v) is 1.95.